The van der Waals surface area contributed by atoms with E-state index in [2.05, 4.69) is 15.5 Å². The number of benzene rings is 1. The lowest BCUT2D eigenvalue weighted by Gasteiger charge is -2.07. The van der Waals surface area contributed by atoms with Gasteiger partial charge in [-0.1, -0.05) is 29.3 Å². The zero-order chi connectivity index (χ0) is 20.4. The largest absolute Gasteiger partial charge is 0.454 e. The quantitative estimate of drug-likeness (QED) is 0.484. The minimum Gasteiger partial charge on any atom is -0.454 e. The van der Waals surface area contributed by atoms with E-state index in [1.165, 1.54) is 0 Å². The van der Waals surface area contributed by atoms with Gasteiger partial charge in [0.25, 0.3) is 5.91 Å². The second-order valence-electron chi connectivity index (χ2n) is 6.49. The van der Waals surface area contributed by atoms with Gasteiger partial charge < -0.3 is 9.73 Å². The molecule has 0 fully saturated rings. The number of aryl methyl sites for hydroxylation is 1. The van der Waals surface area contributed by atoms with E-state index in [-0.39, 0.29) is 11.7 Å². The van der Waals surface area contributed by atoms with Crippen molar-refractivity contribution in [2.75, 3.05) is 5.32 Å². The lowest BCUT2D eigenvalue weighted by Crippen LogP contribution is -2.12. The highest BCUT2D eigenvalue weighted by Crippen LogP contribution is 2.23. The van der Waals surface area contributed by atoms with E-state index in [1.807, 2.05) is 25.3 Å². The molecule has 0 saturated carbocycles. The van der Waals surface area contributed by atoms with E-state index in [9.17, 15) is 4.79 Å². The maximum atomic E-state index is 12.5. The summed E-state index contributed by atoms with van der Waals surface area (Å²) in [5, 5.41) is 12.5. The molecule has 9 heteroatoms. The SMILES string of the molecule is Cc1cc(NC(=O)c2ccc(Cn3cccn3)o2)nn1Cc1ccc(Cl)cc1Cl. The van der Waals surface area contributed by atoms with Crippen molar-refractivity contribution in [3.05, 3.63) is 87.7 Å². The van der Waals surface area contributed by atoms with Crippen molar-refractivity contribution in [1.29, 1.82) is 0 Å². The molecule has 4 aromatic rings. The van der Waals surface area contributed by atoms with Crippen molar-refractivity contribution >= 4 is 34.9 Å². The number of hydrogen-bond donors (Lipinski definition) is 1. The van der Waals surface area contributed by atoms with Gasteiger partial charge in [-0.15, -0.1) is 0 Å². The minimum absolute atomic E-state index is 0.208. The first kappa shape index (κ1) is 19.3. The zero-order valence-corrected chi connectivity index (χ0v) is 17.0. The average Bonchev–Trinajstić information content (AvgIpc) is 3.41. The molecule has 29 heavy (non-hydrogen) atoms. The predicted octanol–water partition coefficient (Wildman–Crippen LogP) is 4.64. The van der Waals surface area contributed by atoms with Crippen LogP contribution in [0.15, 0.2) is 59.3 Å². The summed E-state index contributed by atoms with van der Waals surface area (Å²) < 4.78 is 9.09. The summed E-state index contributed by atoms with van der Waals surface area (Å²) in [7, 11) is 0. The van der Waals surface area contributed by atoms with E-state index in [4.69, 9.17) is 27.6 Å². The van der Waals surface area contributed by atoms with Crippen LogP contribution in [0.3, 0.4) is 0 Å². The van der Waals surface area contributed by atoms with Crippen LogP contribution in [0.25, 0.3) is 0 Å². The van der Waals surface area contributed by atoms with Crippen molar-refractivity contribution in [3.8, 4) is 0 Å². The molecule has 0 saturated heterocycles. The zero-order valence-electron chi connectivity index (χ0n) is 15.5. The molecule has 0 spiro atoms. The van der Waals surface area contributed by atoms with E-state index in [0.717, 1.165) is 11.3 Å². The molecule has 4 rings (SSSR count). The molecule has 1 amide bonds. The Morgan fingerprint density at radius 1 is 1.17 bits per heavy atom. The maximum absolute atomic E-state index is 12.5. The molecule has 0 unspecified atom stereocenters. The third kappa shape index (κ3) is 4.52. The molecule has 3 aromatic heterocycles. The number of hydrogen-bond acceptors (Lipinski definition) is 4. The van der Waals surface area contributed by atoms with Crippen LogP contribution in [0.1, 0.15) is 27.6 Å². The minimum atomic E-state index is -0.370. The number of nitrogens with one attached hydrogen (secondary N) is 1. The molecule has 3 heterocycles. The topological polar surface area (TPSA) is 77.9 Å². The molecule has 0 bridgehead atoms. The number of anilines is 1. The van der Waals surface area contributed by atoms with Crippen LogP contribution in [0.4, 0.5) is 5.82 Å². The number of carbonyl (C=O) groups excluding carboxylic acids is 1. The summed E-state index contributed by atoms with van der Waals surface area (Å²) in [5.74, 6) is 0.909. The van der Waals surface area contributed by atoms with Gasteiger partial charge in [-0.2, -0.15) is 10.2 Å². The van der Waals surface area contributed by atoms with Crippen LogP contribution in [-0.2, 0) is 13.1 Å². The van der Waals surface area contributed by atoms with Gasteiger partial charge in [-0.25, -0.2) is 0 Å². The van der Waals surface area contributed by atoms with Crippen molar-refractivity contribution in [3.63, 3.8) is 0 Å². The van der Waals surface area contributed by atoms with Crippen molar-refractivity contribution in [2.24, 2.45) is 0 Å². The van der Waals surface area contributed by atoms with Crippen LogP contribution in [0.5, 0.6) is 0 Å². The van der Waals surface area contributed by atoms with Gasteiger partial charge in [0, 0.05) is 34.2 Å². The van der Waals surface area contributed by atoms with Crippen LogP contribution in [0, 0.1) is 6.92 Å². The Labute approximate surface area is 176 Å². The van der Waals surface area contributed by atoms with E-state index in [0.29, 0.717) is 34.7 Å². The molecular formula is C20H17Cl2N5O2. The molecule has 0 aliphatic rings. The monoisotopic (exact) mass is 429 g/mol. The van der Waals surface area contributed by atoms with E-state index >= 15 is 0 Å². The van der Waals surface area contributed by atoms with Gasteiger partial charge in [0.1, 0.15) is 5.76 Å². The van der Waals surface area contributed by atoms with Crippen LogP contribution < -0.4 is 5.32 Å². The summed E-state index contributed by atoms with van der Waals surface area (Å²) >= 11 is 12.2. The molecule has 0 aliphatic carbocycles. The summed E-state index contributed by atoms with van der Waals surface area (Å²) in [6.45, 7) is 2.82. The Morgan fingerprint density at radius 2 is 2.03 bits per heavy atom. The number of carbonyl (C=O) groups is 1. The first-order valence-corrected chi connectivity index (χ1v) is 9.59. The summed E-state index contributed by atoms with van der Waals surface area (Å²) in [6.07, 6.45) is 3.51. The molecule has 148 valence electrons. The van der Waals surface area contributed by atoms with Crippen molar-refractivity contribution in [1.82, 2.24) is 19.6 Å². The van der Waals surface area contributed by atoms with Crippen LogP contribution >= 0.6 is 23.2 Å². The van der Waals surface area contributed by atoms with E-state index < -0.39 is 0 Å². The van der Waals surface area contributed by atoms with Gasteiger partial charge in [0.05, 0.1) is 13.1 Å². The lowest BCUT2D eigenvalue weighted by atomic mass is 10.2. The molecule has 0 radical (unpaired) electrons. The fraction of sp³-hybridized carbons (Fsp3) is 0.150. The Kier molecular flexibility index (Phi) is 5.42. The molecular weight excluding hydrogens is 413 g/mol. The highest BCUT2D eigenvalue weighted by Gasteiger charge is 2.15. The van der Waals surface area contributed by atoms with Crippen molar-refractivity contribution < 1.29 is 9.21 Å². The van der Waals surface area contributed by atoms with Gasteiger partial charge in [0.2, 0.25) is 0 Å². The number of aromatic nitrogens is 4. The standard InChI is InChI=1S/C20H17Cl2N5O2/c1-13-9-19(25-27(13)11-14-3-4-15(21)10-17(14)22)24-20(28)18-6-5-16(29-18)12-26-8-2-7-23-26/h2-10H,11-12H2,1H3,(H,24,25,28). The molecule has 1 N–H and O–H groups in total. The lowest BCUT2D eigenvalue weighted by molar-refractivity contribution is 0.0994. The summed E-state index contributed by atoms with van der Waals surface area (Å²) in [6, 6.07) is 12.3. The fourth-order valence-corrected chi connectivity index (χ4v) is 3.33. The number of amides is 1. The number of rotatable bonds is 6. The Balaban J connectivity index is 1.44. The second-order valence-corrected chi connectivity index (χ2v) is 7.33. The molecule has 0 aliphatic heterocycles. The summed E-state index contributed by atoms with van der Waals surface area (Å²) in [5.41, 5.74) is 1.76. The van der Waals surface area contributed by atoms with E-state index in [1.54, 1.807) is 45.9 Å². The Bertz CT molecular complexity index is 1150. The van der Waals surface area contributed by atoms with Gasteiger partial charge >= 0.3 is 0 Å². The molecule has 1 aromatic carbocycles. The first-order valence-electron chi connectivity index (χ1n) is 8.84. The smallest absolute Gasteiger partial charge is 0.292 e. The fourth-order valence-electron chi connectivity index (χ4n) is 2.86. The highest BCUT2D eigenvalue weighted by molar-refractivity contribution is 6.35. The predicted molar refractivity (Wildman–Crippen MR) is 111 cm³/mol. The second kappa shape index (κ2) is 8.14. The maximum Gasteiger partial charge on any atom is 0.292 e. The average molecular weight is 430 g/mol. The Morgan fingerprint density at radius 3 is 2.79 bits per heavy atom. The summed E-state index contributed by atoms with van der Waals surface area (Å²) in [4.78, 5) is 12.5. The molecule has 7 nitrogen and oxygen atoms in total. The third-order valence-electron chi connectivity index (χ3n) is 4.32. The van der Waals surface area contributed by atoms with Crippen LogP contribution in [-0.4, -0.2) is 25.5 Å². The first-order chi connectivity index (χ1) is 14.0. The third-order valence-corrected chi connectivity index (χ3v) is 4.91. The Hall–Kier alpha value is -3.03. The highest BCUT2D eigenvalue weighted by atomic mass is 35.5. The number of nitrogens with zero attached hydrogens (tertiary/aromatic N) is 4. The van der Waals surface area contributed by atoms with Crippen LogP contribution in [0.2, 0.25) is 10.0 Å². The van der Waals surface area contributed by atoms with Crippen molar-refractivity contribution in [2.45, 2.75) is 20.0 Å². The molecule has 0 atom stereocenters. The van der Waals surface area contributed by atoms with Gasteiger partial charge in [0.15, 0.2) is 11.6 Å². The van der Waals surface area contributed by atoms with Gasteiger partial charge in [-0.05, 0) is 42.8 Å². The number of halogens is 2. The number of furan rings is 1. The normalized spacial score (nSPS) is 11.0. The van der Waals surface area contributed by atoms with Gasteiger partial charge in [-0.3, -0.25) is 14.2 Å².